The van der Waals surface area contributed by atoms with E-state index in [4.69, 9.17) is 9.88 Å². The number of benzene rings is 1. The molecular formula is C19H19N3O3S. The van der Waals surface area contributed by atoms with Crippen LogP contribution in [0.15, 0.2) is 78.3 Å². The van der Waals surface area contributed by atoms with Gasteiger partial charge >= 0.3 is 0 Å². The number of hydrogen-bond donors (Lipinski definition) is 3. The van der Waals surface area contributed by atoms with Crippen LogP contribution in [0.4, 0.5) is 0 Å². The van der Waals surface area contributed by atoms with E-state index in [2.05, 4.69) is 10.6 Å². The van der Waals surface area contributed by atoms with E-state index in [9.17, 15) is 8.42 Å². The molecule has 0 radical (unpaired) electrons. The summed E-state index contributed by atoms with van der Waals surface area (Å²) < 4.78 is 30.1. The van der Waals surface area contributed by atoms with Crippen molar-refractivity contribution < 1.29 is 13.2 Å². The number of hydrogen-bond acceptors (Lipinski definition) is 5. The van der Waals surface area contributed by atoms with E-state index in [-0.39, 0.29) is 4.90 Å². The van der Waals surface area contributed by atoms with Gasteiger partial charge in [-0.25, -0.2) is 13.6 Å². The van der Waals surface area contributed by atoms with Gasteiger partial charge in [0.15, 0.2) is 0 Å². The smallest absolute Gasteiger partial charge is 0.238 e. The first-order valence-electron chi connectivity index (χ1n) is 7.86. The van der Waals surface area contributed by atoms with Crippen LogP contribution in [0, 0.1) is 0 Å². The second kappa shape index (κ2) is 7.47. The van der Waals surface area contributed by atoms with E-state index in [0.717, 1.165) is 5.57 Å². The second-order valence-corrected chi connectivity index (χ2v) is 7.06. The van der Waals surface area contributed by atoms with Gasteiger partial charge in [-0.1, -0.05) is 24.3 Å². The van der Waals surface area contributed by atoms with E-state index in [1.54, 1.807) is 38.0 Å². The molecule has 2 aliphatic heterocycles. The van der Waals surface area contributed by atoms with Crippen LogP contribution in [0.2, 0.25) is 0 Å². The van der Waals surface area contributed by atoms with Crippen LogP contribution in [-0.4, -0.2) is 15.5 Å². The number of sulfonamides is 1. The highest BCUT2D eigenvalue weighted by molar-refractivity contribution is 7.89. The predicted molar refractivity (Wildman–Crippen MR) is 103 cm³/mol. The molecule has 3 rings (SSSR count). The van der Waals surface area contributed by atoms with E-state index in [1.807, 2.05) is 36.5 Å². The molecule has 0 amide bonds. The molecule has 0 bridgehead atoms. The third-order valence-corrected chi connectivity index (χ3v) is 4.82. The quantitative estimate of drug-likeness (QED) is 0.758. The van der Waals surface area contributed by atoms with Crippen molar-refractivity contribution in [3.8, 4) is 5.75 Å². The van der Waals surface area contributed by atoms with Crippen LogP contribution in [-0.2, 0) is 10.0 Å². The van der Waals surface area contributed by atoms with Gasteiger partial charge < -0.3 is 15.4 Å². The average Bonchev–Trinajstić information content (AvgIpc) is 3.04. The van der Waals surface area contributed by atoms with Gasteiger partial charge in [0, 0.05) is 41.5 Å². The molecule has 0 atom stereocenters. The van der Waals surface area contributed by atoms with Crippen LogP contribution < -0.4 is 20.5 Å². The molecule has 7 heteroatoms. The third kappa shape index (κ3) is 3.63. The van der Waals surface area contributed by atoms with Crippen molar-refractivity contribution in [2.45, 2.75) is 4.90 Å². The van der Waals surface area contributed by atoms with Gasteiger partial charge in [-0.2, -0.15) is 0 Å². The minimum Gasteiger partial charge on any atom is -0.496 e. The number of primary sulfonamides is 1. The summed E-state index contributed by atoms with van der Waals surface area (Å²) in [5, 5.41) is 11.6. The first-order valence-corrected chi connectivity index (χ1v) is 9.40. The number of rotatable bonds is 4. The molecule has 0 saturated carbocycles. The van der Waals surface area contributed by atoms with Crippen LogP contribution in [0.5, 0.6) is 5.75 Å². The fraction of sp³-hybridized carbons (Fsp3) is 0.0526. The second-order valence-electron chi connectivity index (χ2n) is 5.53. The minimum absolute atomic E-state index is 0.0272. The SMILES string of the molecule is COc1ccc(S(N)(=O)=O)c(C2=CNC=CC=C2)c1C1=CNC=CC=C1. The van der Waals surface area contributed by atoms with Crippen molar-refractivity contribution in [1.82, 2.24) is 10.6 Å². The first kappa shape index (κ1) is 17.8. The maximum atomic E-state index is 12.3. The number of nitrogens with two attached hydrogens (primary N) is 1. The molecule has 1 aromatic carbocycles. The molecule has 0 spiro atoms. The van der Waals surface area contributed by atoms with E-state index in [0.29, 0.717) is 22.4 Å². The van der Waals surface area contributed by atoms with E-state index < -0.39 is 10.0 Å². The molecule has 0 aliphatic carbocycles. The summed E-state index contributed by atoms with van der Waals surface area (Å²) in [6.07, 6.45) is 18.0. The minimum atomic E-state index is -3.96. The molecule has 0 fully saturated rings. The Balaban J connectivity index is 2.37. The monoisotopic (exact) mass is 369 g/mol. The Hall–Kier alpha value is -3.03. The summed E-state index contributed by atoms with van der Waals surface area (Å²) in [6, 6.07) is 3.07. The summed E-state index contributed by atoms with van der Waals surface area (Å²) in [7, 11) is -2.41. The van der Waals surface area contributed by atoms with Gasteiger partial charge in [0.25, 0.3) is 0 Å². The van der Waals surface area contributed by atoms with Crippen molar-refractivity contribution >= 4 is 21.2 Å². The van der Waals surface area contributed by atoms with Crippen LogP contribution in [0.1, 0.15) is 11.1 Å². The Bertz CT molecular complexity index is 997. The molecule has 2 heterocycles. The van der Waals surface area contributed by atoms with Crippen LogP contribution in [0.3, 0.4) is 0 Å². The zero-order valence-corrected chi connectivity index (χ0v) is 15.0. The fourth-order valence-electron chi connectivity index (χ4n) is 2.77. The lowest BCUT2D eigenvalue weighted by Gasteiger charge is -2.19. The predicted octanol–water partition coefficient (Wildman–Crippen LogP) is 2.37. The highest BCUT2D eigenvalue weighted by Gasteiger charge is 2.24. The number of allylic oxidation sites excluding steroid dienone is 8. The maximum Gasteiger partial charge on any atom is 0.238 e. The van der Waals surface area contributed by atoms with Crippen LogP contribution >= 0.6 is 0 Å². The molecule has 4 N–H and O–H groups in total. The Morgan fingerprint density at radius 3 is 2.00 bits per heavy atom. The van der Waals surface area contributed by atoms with Crippen LogP contribution in [0.25, 0.3) is 11.1 Å². The molecule has 0 aromatic heterocycles. The molecule has 0 saturated heterocycles. The van der Waals surface area contributed by atoms with Crippen molar-refractivity contribution in [3.05, 3.63) is 84.5 Å². The van der Waals surface area contributed by atoms with E-state index in [1.165, 1.54) is 6.07 Å². The highest BCUT2D eigenvalue weighted by atomic mass is 32.2. The summed E-state index contributed by atoms with van der Waals surface area (Å²) in [6.45, 7) is 0. The maximum absolute atomic E-state index is 12.3. The van der Waals surface area contributed by atoms with Gasteiger partial charge in [-0.05, 0) is 29.9 Å². The van der Waals surface area contributed by atoms with Crippen molar-refractivity contribution in [2.75, 3.05) is 7.11 Å². The summed E-state index contributed by atoms with van der Waals surface area (Å²) >= 11 is 0. The molecule has 2 aliphatic rings. The Labute approximate surface area is 152 Å². The van der Waals surface area contributed by atoms with Crippen molar-refractivity contribution in [2.24, 2.45) is 5.14 Å². The zero-order chi connectivity index (χ0) is 18.6. The van der Waals surface area contributed by atoms with Gasteiger partial charge in [0.05, 0.1) is 12.0 Å². The Morgan fingerprint density at radius 1 is 0.885 bits per heavy atom. The molecular weight excluding hydrogens is 350 g/mol. The molecule has 134 valence electrons. The number of ether oxygens (including phenoxy) is 1. The standard InChI is InChI=1S/C19H19N3O3S/c1-25-16-8-9-17(26(20,23)24)19(15-7-3-5-11-22-13-15)18(16)14-6-2-4-10-21-12-14/h2-13,21-22H,1H3,(H2,20,23,24). The lowest BCUT2D eigenvalue weighted by atomic mass is 9.93. The number of nitrogens with one attached hydrogen (secondary N) is 2. The lowest BCUT2D eigenvalue weighted by molar-refractivity contribution is 0.413. The van der Waals surface area contributed by atoms with Gasteiger partial charge in [0.1, 0.15) is 5.75 Å². The van der Waals surface area contributed by atoms with Gasteiger partial charge in [-0.3, -0.25) is 0 Å². The molecule has 1 aromatic rings. The fourth-order valence-corrected chi connectivity index (χ4v) is 3.53. The average molecular weight is 369 g/mol. The van der Waals surface area contributed by atoms with Crippen molar-refractivity contribution in [1.29, 1.82) is 0 Å². The molecule has 0 unspecified atom stereocenters. The summed E-state index contributed by atoms with van der Waals surface area (Å²) in [4.78, 5) is 0.0272. The Morgan fingerprint density at radius 2 is 1.46 bits per heavy atom. The van der Waals surface area contributed by atoms with Gasteiger partial charge in [-0.15, -0.1) is 0 Å². The van der Waals surface area contributed by atoms with E-state index >= 15 is 0 Å². The lowest BCUT2D eigenvalue weighted by Crippen LogP contribution is -2.16. The van der Waals surface area contributed by atoms with Crippen molar-refractivity contribution in [3.63, 3.8) is 0 Å². The highest BCUT2D eigenvalue weighted by Crippen LogP contribution is 2.39. The third-order valence-electron chi connectivity index (χ3n) is 3.87. The Kier molecular flexibility index (Phi) is 5.11. The summed E-state index contributed by atoms with van der Waals surface area (Å²) in [5.41, 5.74) is 2.53. The zero-order valence-electron chi connectivity index (χ0n) is 14.1. The topological polar surface area (TPSA) is 93.5 Å². The largest absolute Gasteiger partial charge is 0.496 e. The molecule has 26 heavy (non-hydrogen) atoms. The summed E-state index contributed by atoms with van der Waals surface area (Å²) in [5.74, 6) is 0.540. The molecule has 6 nitrogen and oxygen atoms in total. The normalized spacial score (nSPS) is 16.1. The van der Waals surface area contributed by atoms with Gasteiger partial charge in [0.2, 0.25) is 10.0 Å². The first-order chi connectivity index (χ1) is 12.5. The number of methoxy groups -OCH3 is 1.